The normalized spacial score (nSPS) is 13.1. The van der Waals surface area contributed by atoms with Crippen molar-refractivity contribution in [1.29, 1.82) is 0 Å². The van der Waals surface area contributed by atoms with Gasteiger partial charge >= 0.3 is 0 Å². The van der Waals surface area contributed by atoms with Gasteiger partial charge in [-0.05, 0) is 71.2 Å². The Bertz CT molecular complexity index is 752. The van der Waals surface area contributed by atoms with Crippen molar-refractivity contribution in [2.45, 2.75) is 6.92 Å². The Balaban J connectivity index is 1.79. The van der Waals surface area contributed by atoms with Gasteiger partial charge in [0.2, 0.25) is 0 Å². The van der Waals surface area contributed by atoms with Gasteiger partial charge in [0.25, 0.3) is 0 Å². The Morgan fingerprint density at radius 2 is 1.55 bits per heavy atom. The highest BCUT2D eigenvalue weighted by Crippen LogP contribution is 2.36. The molecular weight excluding hydrogens is 270 g/mol. The SMILES string of the molecule is COc1ccc(C2=CC(c3ccc(N(C)C)cc3C)=C2)cc1. The average Bonchev–Trinajstić information content (AvgIpc) is 2.48. The van der Waals surface area contributed by atoms with E-state index in [0.29, 0.717) is 0 Å². The third-order valence-electron chi connectivity index (χ3n) is 4.08. The smallest absolute Gasteiger partial charge is 0.118 e. The van der Waals surface area contributed by atoms with Crippen molar-refractivity contribution in [1.82, 2.24) is 0 Å². The number of nitrogens with zero attached hydrogens (tertiary/aromatic N) is 1. The molecule has 22 heavy (non-hydrogen) atoms. The summed E-state index contributed by atoms with van der Waals surface area (Å²) >= 11 is 0. The van der Waals surface area contributed by atoms with E-state index in [-0.39, 0.29) is 0 Å². The number of ether oxygens (including phenoxy) is 1. The lowest BCUT2D eigenvalue weighted by molar-refractivity contribution is 0.415. The van der Waals surface area contributed by atoms with Crippen LogP contribution in [0.25, 0.3) is 11.1 Å². The van der Waals surface area contributed by atoms with Gasteiger partial charge in [-0.2, -0.15) is 0 Å². The molecule has 0 amide bonds. The summed E-state index contributed by atoms with van der Waals surface area (Å²) in [4.78, 5) is 2.13. The van der Waals surface area contributed by atoms with Gasteiger partial charge in [0.1, 0.15) is 5.75 Å². The van der Waals surface area contributed by atoms with Crippen molar-refractivity contribution < 1.29 is 4.74 Å². The Morgan fingerprint density at radius 1 is 0.864 bits per heavy atom. The average molecular weight is 291 g/mol. The molecule has 0 fully saturated rings. The van der Waals surface area contributed by atoms with E-state index in [0.717, 1.165) is 5.75 Å². The Kier molecular flexibility index (Phi) is 3.76. The molecule has 0 aromatic heterocycles. The van der Waals surface area contributed by atoms with Crippen molar-refractivity contribution in [3.05, 3.63) is 71.3 Å². The van der Waals surface area contributed by atoms with Gasteiger partial charge in [-0.25, -0.2) is 0 Å². The summed E-state index contributed by atoms with van der Waals surface area (Å²) in [6.07, 6.45) is 4.50. The number of methoxy groups -OCH3 is 1. The van der Waals surface area contributed by atoms with Crippen LogP contribution in [0, 0.1) is 6.92 Å². The minimum atomic E-state index is 0.892. The zero-order chi connectivity index (χ0) is 15.7. The van der Waals surface area contributed by atoms with Crippen LogP contribution in [0.4, 0.5) is 5.69 Å². The Hall–Kier alpha value is -2.48. The second-order valence-electron chi connectivity index (χ2n) is 5.82. The van der Waals surface area contributed by atoms with Crippen LogP contribution >= 0.6 is 0 Å². The van der Waals surface area contributed by atoms with Crippen LogP contribution in [0.1, 0.15) is 16.7 Å². The van der Waals surface area contributed by atoms with Gasteiger partial charge in [0, 0.05) is 19.8 Å². The molecule has 0 spiro atoms. The second kappa shape index (κ2) is 5.72. The molecule has 0 aliphatic heterocycles. The summed E-state index contributed by atoms with van der Waals surface area (Å²) in [6.45, 7) is 2.17. The largest absolute Gasteiger partial charge is 0.497 e. The predicted molar refractivity (Wildman–Crippen MR) is 94.5 cm³/mol. The van der Waals surface area contributed by atoms with Gasteiger partial charge in [-0.3, -0.25) is 0 Å². The standard InChI is InChI=1S/C20H21NO/c1-14-11-18(21(2)3)7-10-20(14)17-12-16(13-17)15-5-8-19(22-4)9-6-15/h5-13H,1-4H3. The lowest BCUT2D eigenvalue weighted by Gasteiger charge is -2.20. The summed E-state index contributed by atoms with van der Waals surface area (Å²) in [5, 5.41) is 0. The van der Waals surface area contributed by atoms with E-state index in [1.165, 1.54) is 33.5 Å². The summed E-state index contributed by atoms with van der Waals surface area (Å²) < 4.78 is 5.20. The zero-order valence-corrected chi connectivity index (χ0v) is 13.6. The molecule has 2 nitrogen and oxygen atoms in total. The minimum absolute atomic E-state index is 0.892. The lowest BCUT2D eigenvalue weighted by Crippen LogP contribution is -2.09. The van der Waals surface area contributed by atoms with Crippen LogP contribution in [0.2, 0.25) is 0 Å². The van der Waals surface area contributed by atoms with E-state index in [9.17, 15) is 0 Å². The predicted octanol–water partition coefficient (Wildman–Crippen LogP) is 4.55. The summed E-state index contributed by atoms with van der Waals surface area (Å²) in [7, 11) is 5.83. The van der Waals surface area contributed by atoms with E-state index in [4.69, 9.17) is 4.74 Å². The van der Waals surface area contributed by atoms with Gasteiger partial charge in [0.15, 0.2) is 0 Å². The number of allylic oxidation sites excluding steroid dienone is 4. The monoisotopic (exact) mass is 291 g/mol. The number of hydrogen-bond donors (Lipinski definition) is 0. The van der Waals surface area contributed by atoms with Crippen molar-refractivity contribution in [3.63, 3.8) is 0 Å². The highest BCUT2D eigenvalue weighted by atomic mass is 16.5. The number of benzene rings is 2. The maximum atomic E-state index is 5.20. The molecule has 2 heteroatoms. The quantitative estimate of drug-likeness (QED) is 0.819. The summed E-state index contributed by atoms with van der Waals surface area (Å²) in [5.41, 5.74) is 7.65. The highest BCUT2D eigenvalue weighted by molar-refractivity contribution is 6.01. The molecule has 1 aliphatic rings. The van der Waals surface area contributed by atoms with Crippen LogP contribution in [-0.2, 0) is 0 Å². The first-order chi connectivity index (χ1) is 10.6. The van der Waals surface area contributed by atoms with Crippen LogP contribution in [0.15, 0.2) is 54.6 Å². The molecule has 2 aromatic carbocycles. The first-order valence-corrected chi connectivity index (χ1v) is 7.44. The molecule has 0 atom stereocenters. The number of aryl methyl sites for hydroxylation is 1. The number of anilines is 1. The molecule has 2 aromatic rings. The van der Waals surface area contributed by atoms with E-state index < -0.39 is 0 Å². The van der Waals surface area contributed by atoms with E-state index in [1.54, 1.807) is 7.11 Å². The third-order valence-corrected chi connectivity index (χ3v) is 4.08. The first-order valence-electron chi connectivity index (χ1n) is 7.44. The molecular formula is C20H21NO. The Morgan fingerprint density at radius 3 is 2.09 bits per heavy atom. The summed E-state index contributed by atoms with van der Waals surface area (Å²) in [6, 6.07) is 14.8. The molecule has 3 rings (SSSR count). The van der Waals surface area contributed by atoms with Crippen molar-refractivity contribution >= 4 is 16.8 Å². The molecule has 1 aliphatic carbocycles. The molecule has 0 N–H and O–H groups in total. The van der Waals surface area contributed by atoms with Crippen molar-refractivity contribution in [3.8, 4) is 5.75 Å². The fraction of sp³-hybridized carbons (Fsp3) is 0.200. The van der Waals surface area contributed by atoms with Gasteiger partial charge in [0.05, 0.1) is 7.11 Å². The fourth-order valence-electron chi connectivity index (χ4n) is 2.68. The second-order valence-corrected chi connectivity index (χ2v) is 5.82. The van der Waals surface area contributed by atoms with Gasteiger partial charge < -0.3 is 9.64 Å². The van der Waals surface area contributed by atoms with Crippen LogP contribution < -0.4 is 9.64 Å². The van der Waals surface area contributed by atoms with E-state index in [2.05, 4.69) is 68.4 Å². The van der Waals surface area contributed by atoms with Crippen LogP contribution in [0.5, 0.6) is 5.75 Å². The first kappa shape index (κ1) is 14.5. The highest BCUT2D eigenvalue weighted by Gasteiger charge is 2.14. The maximum absolute atomic E-state index is 5.20. The fourth-order valence-corrected chi connectivity index (χ4v) is 2.68. The van der Waals surface area contributed by atoms with Gasteiger partial charge in [-0.1, -0.05) is 18.2 Å². The topological polar surface area (TPSA) is 12.5 Å². The number of rotatable bonds is 4. The molecule has 0 heterocycles. The van der Waals surface area contributed by atoms with Crippen LogP contribution in [0.3, 0.4) is 0 Å². The van der Waals surface area contributed by atoms with E-state index in [1.807, 2.05) is 12.1 Å². The molecule has 0 unspecified atom stereocenters. The molecule has 0 saturated heterocycles. The maximum Gasteiger partial charge on any atom is 0.118 e. The molecule has 112 valence electrons. The lowest BCUT2D eigenvalue weighted by atomic mass is 9.87. The van der Waals surface area contributed by atoms with Crippen LogP contribution in [-0.4, -0.2) is 21.2 Å². The third kappa shape index (κ3) is 2.64. The van der Waals surface area contributed by atoms with Gasteiger partial charge in [-0.15, -0.1) is 0 Å². The molecule has 0 saturated carbocycles. The molecule has 0 bridgehead atoms. The zero-order valence-electron chi connectivity index (χ0n) is 13.6. The Labute approximate surface area is 132 Å². The minimum Gasteiger partial charge on any atom is -0.497 e. The summed E-state index contributed by atoms with van der Waals surface area (Å²) in [5.74, 6) is 0.892. The number of hydrogen-bond acceptors (Lipinski definition) is 2. The van der Waals surface area contributed by atoms with E-state index >= 15 is 0 Å². The van der Waals surface area contributed by atoms with Crippen molar-refractivity contribution in [2.75, 3.05) is 26.1 Å². The van der Waals surface area contributed by atoms with Crippen molar-refractivity contribution in [2.24, 2.45) is 0 Å². The molecule has 0 radical (unpaired) electrons.